The van der Waals surface area contributed by atoms with Crippen molar-refractivity contribution >= 4 is 22.8 Å². The number of halogens is 3. The molecule has 4 nitrogen and oxygen atoms in total. The number of hydrogen-bond acceptors (Lipinski definition) is 4. The Morgan fingerprint density at radius 3 is 2.43 bits per heavy atom. The van der Waals surface area contributed by atoms with E-state index in [9.17, 15) is 13.2 Å². The Labute approximate surface area is 175 Å². The van der Waals surface area contributed by atoms with Crippen molar-refractivity contribution in [1.29, 1.82) is 0 Å². The predicted octanol–water partition coefficient (Wildman–Crippen LogP) is 6.92. The van der Waals surface area contributed by atoms with Crippen molar-refractivity contribution in [3.8, 4) is 5.75 Å². The molecule has 1 aromatic carbocycles. The Morgan fingerprint density at radius 2 is 1.90 bits per heavy atom. The number of hydrogen-bond donors (Lipinski definition) is 1. The largest absolute Gasteiger partial charge is 0.573 e. The average Bonchev–Trinajstić information content (AvgIpc) is 2.65. The molecule has 0 saturated heterocycles. The van der Waals surface area contributed by atoms with E-state index in [0.717, 1.165) is 24.1 Å². The second kappa shape index (κ2) is 9.41. The van der Waals surface area contributed by atoms with Crippen molar-refractivity contribution in [2.75, 3.05) is 17.3 Å². The van der Waals surface area contributed by atoms with E-state index < -0.39 is 6.36 Å². The number of nitrogens with one attached hydrogen (secondary N) is 1. The van der Waals surface area contributed by atoms with Gasteiger partial charge in [0.1, 0.15) is 11.6 Å². The van der Waals surface area contributed by atoms with Gasteiger partial charge in [-0.3, -0.25) is 0 Å². The van der Waals surface area contributed by atoms with Gasteiger partial charge in [-0.25, -0.2) is 4.98 Å². The molecule has 0 unspecified atom stereocenters. The van der Waals surface area contributed by atoms with E-state index in [2.05, 4.69) is 46.9 Å². The summed E-state index contributed by atoms with van der Waals surface area (Å²) in [7, 11) is 2.12. The summed E-state index contributed by atoms with van der Waals surface area (Å²) in [5.74, 6) is 0.449. The summed E-state index contributed by atoms with van der Waals surface area (Å²) in [5, 5.41) is 3.29. The minimum Gasteiger partial charge on any atom is -0.406 e. The van der Waals surface area contributed by atoms with Crippen LogP contribution >= 0.6 is 0 Å². The van der Waals surface area contributed by atoms with E-state index in [-0.39, 0.29) is 5.75 Å². The Bertz CT molecular complexity index is 874. The predicted molar refractivity (Wildman–Crippen MR) is 115 cm³/mol. The summed E-state index contributed by atoms with van der Waals surface area (Å²) < 4.78 is 41.2. The Kier molecular flexibility index (Phi) is 6.90. The number of ether oxygens (including phenoxy) is 1. The number of benzene rings is 1. The molecular formula is C23H28F3N3O. The van der Waals surface area contributed by atoms with Crippen molar-refractivity contribution in [1.82, 2.24) is 4.98 Å². The summed E-state index contributed by atoms with van der Waals surface area (Å²) in [6.45, 7) is 4.22. The maximum absolute atomic E-state index is 12.4. The summed E-state index contributed by atoms with van der Waals surface area (Å²) in [4.78, 5) is 6.89. The molecule has 1 aliphatic rings. The van der Waals surface area contributed by atoms with Gasteiger partial charge in [-0.05, 0) is 68.0 Å². The smallest absolute Gasteiger partial charge is 0.406 e. The fraction of sp³-hybridized carbons (Fsp3) is 0.435. The quantitative estimate of drug-likeness (QED) is 0.504. The molecular weight excluding hydrogens is 391 g/mol. The lowest BCUT2D eigenvalue weighted by Crippen LogP contribution is -2.37. The number of aromatic nitrogens is 1. The minimum absolute atomic E-state index is 0.250. The van der Waals surface area contributed by atoms with Crippen LogP contribution in [-0.4, -0.2) is 24.4 Å². The second-order valence-corrected chi connectivity index (χ2v) is 7.44. The maximum Gasteiger partial charge on any atom is 0.573 e. The highest BCUT2D eigenvalue weighted by atomic mass is 19.4. The molecule has 7 heteroatoms. The lowest BCUT2D eigenvalue weighted by molar-refractivity contribution is -0.274. The lowest BCUT2D eigenvalue weighted by atomic mass is 9.90. The third-order valence-electron chi connectivity index (χ3n) is 5.43. The topological polar surface area (TPSA) is 37.4 Å². The van der Waals surface area contributed by atoms with Gasteiger partial charge in [0.2, 0.25) is 0 Å². The fourth-order valence-corrected chi connectivity index (χ4v) is 3.67. The van der Waals surface area contributed by atoms with Crippen LogP contribution in [0.25, 0.3) is 5.57 Å². The van der Waals surface area contributed by atoms with E-state index in [1.807, 2.05) is 6.07 Å². The van der Waals surface area contributed by atoms with Crippen LogP contribution in [0.4, 0.5) is 30.4 Å². The molecule has 1 N–H and O–H groups in total. The molecule has 1 aliphatic carbocycles. The standard InChI is InChI=1S/C23H28F3N3O/c1-4-7-16(5-2)21-20(29(3)18-8-6-9-18)14-15-27-22(21)28-17-10-12-19(13-11-17)30-23(24,25)26/h7,10-15,18H,4-6,8-9H2,1-3H3,(H,27,28)/b16-7+. The first-order chi connectivity index (χ1) is 14.3. The normalized spacial score (nSPS) is 14.9. The number of alkyl halides is 3. The minimum atomic E-state index is -4.70. The molecule has 2 aromatic rings. The van der Waals surface area contributed by atoms with Gasteiger partial charge in [0.05, 0.1) is 0 Å². The third-order valence-corrected chi connectivity index (χ3v) is 5.43. The van der Waals surface area contributed by atoms with Crippen LogP contribution in [0.15, 0.2) is 42.6 Å². The second-order valence-electron chi connectivity index (χ2n) is 7.44. The number of nitrogens with zero attached hydrogens (tertiary/aromatic N) is 2. The summed E-state index contributed by atoms with van der Waals surface area (Å²) in [6.07, 6.45) is 4.66. The molecule has 0 bridgehead atoms. The maximum atomic E-state index is 12.4. The van der Waals surface area contributed by atoms with Crippen molar-refractivity contribution in [3.63, 3.8) is 0 Å². The van der Waals surface area contributed by atoms with E-state index >= 15 is 0 Å². The Hall–Kier alpha value is -2.70. The van der Waals surface area contributed by atoms with Crippen molar-refractivity contribution in [2.24, 2.45) is 0 Å². The van der Waals surface area contributed by atoms with Crippen molar-refractivity contribution < 1.29 is 17.9 Å². The molecule has 162 valence electrons. The van der Waals surface area contributed by atoms with Crippen LogP contribution in [0, 0.1) is 0 Å². The first-order valence-electron chi connectivity index (χ1n) is 10.4. The van der Waals surface area contributed by atoms with Gasteiger partial charge in [-0.2, -0.15) is 0 Å². The molecule has 1 aromatic heterocycles. The summed E-state index contributed by atoms with van der Waals surface area (Å²) >= 11 is 0. The first kappa shape index (κ1) is 22.0. The SMILES string of the molecule is CC/C=C(\CC)c1c(N(C)C2CCC2)ccnc1Nc1ccc(OC(F)(F)F)cc1. The number of anilines is 3. The molecule has 30 heavy (non-hydrogen) atoms. The van der Waals surface area contributed by atoms with Crippen LogP contribution in [0.5, 0.6) is 5.75 Å². The van der Waals surface area contributed by atoms with Gasteiger partial charge < -0.3 is 15.0 Å². The van der Waals surface area contributed by atoms with Gasteiger partial charge in [-0.1, -0.05) is 19.9 Å². The highest BCUT2D eigenvalue weighted by Gasteiger charge is 2.31. The zero-order chi connectivity index (χ0) is 21.7. The van der Waals surface area contributed by atoms with Crippen LogP contribution in [0.3, 0.4) is 0 Å². The molecule has 3 rings (SSSR count). The molecule has 0 radical (unpaired) electrons. The monoisotopic (exact) mass is 419 g/mol. The summed E-state index contributed by atoms with van der Waals surface area (Å²) in [6, 6.07) is 8.27. The Balaban J connectivity index is 1.94. The highest BCUT2D eigenvalue weighted by Crippen LogP contribution is 2.38. The molecule has 0 atom stereocenters. The molecule has 1 saturated carbocycles. The fourth-order valence-electron chi connectivity index (χ4n) is 3.67. The van der Waals surface area contributed by atoms with Crippen LogP contribution < -0.4 is 15.0 Å². The molecule has 1 heterocycles. The van der Waals surface area contributed by atoms with Gasteiger partial charge in [-0.15, -0.1) is 13.2 Å². The van der Waals surface area contributed by atoms with E-state index in [0.29, 0.717) is 17.5 Å². The lowest BCUT2D eigenvalue weighted by Gasteiger charge is -2.38. The number of rotatable bonds is 8. The van der Waals surface area contributed by atoms with Gasteiger partial charge in [0.15, 0.2) is 0 Å². The molecule has 1 fully saturated rings. The first-order valence-corrected chi connectivity index (χ1v) is 10.4. The third kappa shape index (κ3) is 5.26. The zero-order valence-electron chi connectivity index (χ0n) is 17.6. The Morgan fingerprint density at radius 1 is 1.20 bits per heavy atom. The average molecular weight is 419 g/mol. The zero-order valence-corrected chi connectivity index (χ0v) is 17.6. The number of allylic oxidation sites excluding steroid dienone is 2. The molecule has 0 amide bonds. The van der Waals surface area contributed by atoms with Crippen molar-refractivity contribution in [3.05, 3.63) is 48.2 Å². The summed E-state index contributed by atoms with van der Waals surface area (Å²) in [5.41, 5.74) is 4.02. The van der Waals surface area contributed by atoms with Gasteiger partial charge in [0.25, 0.3) is 0 Å². The number of pyridine rings is 1. The van der Waals surface area contributed by atoms with E-state index in [1.165, 1.54) is 37.0 Å². The highest BCUT2D eigenvalue weighted by molar-refractivity contribution is 5.85. The van der Waals surface area contributed by atoms with E-state index in [4.69, 9.17) is 0 Å². The van der Waals surface area contributed by atoms with Gasteiger partial charge >= 0.3 is 6.36 Å². The molecule has 0 spiro atoms. The van der Waals surface area contributed by atoms with Crippen molar-refractivity contribution in [2.45, 2.75) is 58.4 Å². The molecule has 0 aliphatic heterocycles. The van der Waals surface area contributed by atoms with Gasteiger partial charge in [0, 0.05) is 36.2 Å². The van der Waals surface area contributed by atoms with E-state index in [1.54, 1.807) is 18.3 Å². The van der Waals surface area contributed by atoms with Crippen LogP contribution in [0.1, 0.15) is 51.5 Å². The van der Waals surface area contributed by atoms with Crippen LogP contribution in [-0.2, 0) is 0 Å². The van der Waals surface area contributed by atoms with Crippen LogP contribution in [0.2, 0.25) is 0 Å².